The monoisotopic (exact) mass is 313 g/mol. The van der Waals surface area contributed by atoms with Crippen molar-refractivity contribution in [2.75, 3.05) is 31.5 Å². The van der Waals surface area contributed by atoms with Crippen LogP contribution in [0.2, 0.25) is 0 Å². The molecule has 1 fully saturated rings. The van der Waals surface area contributed by atoms with Crippen LogP contribution in [0.15, 0.2) is 53.1 Å². The van der Waals surface area contributed by atoms with Crippen LogP contribution in [0, 0.1) is 0 Å². The number of hydrogen-bond donors (Lipinski definition) is 1. The lowest BCUT2D eigenvalue weighted by Gasteiger charge is -2.37. The summed E-state index contributed by atoms with van der Waals surface area (Å²) >= 11 is 0. The molecule has 5 nitrogen and oxygen atoms in total. The van der Waals surface area contributed by atoms with Crippen molar-refractivity contribution in [2.45, 2.75) is 19.5 Å². The molecule has 2 aromatic rings. The summed E-state index contributed by atoms with van der Waals surface area (Å²) in [6.45, 7) is 6.49. The normalized spacial score (nSPS) is 17.8. The van der Waals surface area contributed by atoms with Crippen LogP contribution in [-0.4, -0.2) is 47.9 Å². The average Bonchev–Trinajstić information content (AvgIpc) is 3.09. The highest BCUT2D eigenvalue weighted by molar-refractivity contribution is 5.94. The first-order valence-electron chi connectivity index (χ1n) is 8.07. The number of carbonyl (C=O) groups excluding carboxylic acids is 1. The van der Waals surface area contributed by atoms with Crippen LogP contribution in [0.1, 0.15) is 12.7 Å². The van der Waals surface area contributed by atoms with E-state index in [9.17, 15) is 4.79 Å². The summed E-state index contributed by atoms with van der Waals surface area (Å²) < 4.78 is 5.40. The maximum absolute atomic E-state index is 12.4. The zero-order chi connectivity index (χ0) is 16.1. The molecule has 23 heavy (non-hydrogen) atoms. The predicted molar refractivity (Wildman–Crippen MR) is 90.1 cm³/mol. The fourth-order valence-electron chi connectivity index (χ4n) is 2.87. The van der Waals surface area contributed by atoms with Gasteiger partial charge >= 0.3 is 0 Å². The lowest BCUT2D eigenvalue weighted by molar-refractivity contribution is -0.121. The lowest BCUT2D eigenvalue weighted by atomic mass is 10.2. The van der Waals surface area contributed by atoms with E-state index in [-0.39, 0.29) is 11.9 Å². The van der Waals surface area contributed by atoms with Gasteiger partial charge in [0.2, 0.25) is 5.91 Å². The maximum Gasteiger partial charge on any atom is 0.241 e. The van der Waals surface area contributed by atoms with Gasteiger partial charge in [0, 0.05) is 31.9 Å². The molecule has 1 aliphatic rings. The molecule has 1 saturated heterocycles. The second-order valence-corrected chi connectivity index (χ2v) is 5.92. The van der Waals surface area contributed by atoms with E-state index in [2.05, 4.69) is 15.1 Å². The molecule has 1 amide bonds. The molecule has 5 heteroatoms. The molecule has 3 rings (SSSR count). The van der Waals surface area contributed by atoms with Crippen LogP contribution in [-0.2, 0) is 11.3 Å². The van der Waals surface area contributed by atoms with Crippen LogP contribution in [0.25, 0.3) is 0 Å². The van der Waals surface area contributed by atoms with Gasteiger partial charge in [-0.2, -0.15) is 0 Å². The number of carbonyl (C=O) groups is 1. The van der Waals surface area contributed by atoms with Crippen molar-refractivity contribution in [1.29, 1.82) is 0 Å². The first kappa shape index (κ1) is 15.8. The van der Waals surface area contributed by atoms with Crippen molar-refractivity contribution in [2.24, 2.45) is 0 Å². The number of piperazine rings is 1. The highest BCUT2D eigenvalue weighted by Gasteiger charge is 2.25. The zero-order valence-corrected chi connectivity index (χ0v) is 13.4. The van der Waals surface area contributed by atoms with Gasteiger partial charge in [-0.15, -0.1) is 0 Å². The van der Waals surface area contributed by atoms with Gasteiger partial charge in [-0.3, -0.25) is 14.6 Å². The Morgan fingerprint density at radius 1 is 1.13 bits per heavy atom. The third-order valence-corrected chi connectivity index (χ3v) is 4.33. The first-order chi connectivity index (χ1) is 11.2. The minimum absolute atomic E-state index is 0.0516. The number of para-hydroxylation sites is 1. The molecule has 0 radical (unpaired) electrons. The summed E-state index contributed by atoms with van der Waals surface area (Å²) in [4.78, 5) is 17.0. The van der Waals surface area contributed by atoms with E-state index < -0.39 is 0 Å². The second-order valence-electron chi connectivity index (χ2n) is 5.92. The largest absolute Gasteiger partial charge is 0.468 e. The smallest absolute Gasteiger partial charge is 0.241 e. The average molecular weight is 313 g/mol. The van der Waals surface area contributed by atoms with E-state index >= 15 is 0 Å². The molecule has 1 aliphatic heterocycles. The Labute approximate surface area is 136 Å². The van der Waals surface area contributed by atoms with E-state index in [0.29, 0.717) is 0 Å². The zero-order valence-electron chi connectivity index (χ0n) is 13.4. The summed E-state index contributed by atoms with van der Waals surface area (Å²) in [6.07, 6.45) is 1.71. The van der Waals surface area contributed by atoms with Crippen molar-refractivity contribution >= 4 is 11.6 Å². The van der Waals surface area contributed by atoms with Crippen molar-refractivity contribution in [1.82, 2.24) is 9.80 Å². The number of nitrogens with zero attached hydrogens (tertiary/aromatic N) is 2. The third kappa shape index (κ3) is 4.21. The molecular weight excluding hydrogens is 290 g/mol. The number of hydrogen-bond acceptors (Lipinski definition) is 4. The van der Waals surface area contributed by atoms with Gasteiger partial charge in [0.25, 0.3) is 0 Å². The van der Waals surface area contributed by atoms with Gasteiger partial charge in [0.1, 0.15) is 5.76 Å². The van der Waals surface area contributed by atoms with Gasteiger partial charge in [-0.25, -0.2) is 0 Å². The molecule has 1 aromatic heterocycles. The highest BCUT2D eigenvalue weighted by Crippen LogP contribution is 2.13. The molecule has 1 atom stereocenters. The van der Waals surface area contributed by atoms with Gasteiger partial charge in [0.15, 0.2) is 0 Å². The maximum atomic E-state index is 12.4. The fourth-order valence-corrected chi connectivity index (χ4v) is 2.87. The molecule has 0 bridgehead atoms. The number of anilines is 1. The van der Waals surface area contributed by atoms with Crippen LogP contribution in [0.4, 0.5) is 5.69 Å². The number of nitrogens with one attached hydrogen (secondary N) is 1. The van der Waals surface area contributed by atoms with E-state index in [1.807, 2.05) is 49.4 Å². The van der Waals surface area contributed by atoms with Gasteiger partial charge in [-0.05, 0) is 31.2 Å². The van der Waals surface area contributed by atoms with Gasteiger partial charge in [0.05, 0.1) is 18.8 Å². The standard InChI is InChI=1S/C18H23N3O2/c1-15(18(22)19-16-6-3-2-4-7-16)21-11-9-20(10-12-21)14-17-8-5-13-23-17/h2-8,13,15H,9-12,14H2,1H3,(H,19,22)/t15-/m1/s1. The van der Waals surface area contributed by atoms with Crippen LogP contribution in [0.5, 0.6) is 0 Å². The Balaban J connectivity index is 1.47. The Kier molecular flexibility index (Phi) is 5.10. The predicted octanol–water partition coefficient (Wildman–Crippen LogP) is 2.42. The van der Waals surface area contributed by atoms with Gasteiger partial charge < -0.3 is 9.73 Å². The van der Waals surface area contributed by atoms with E-state index in [1.165, 1.54) is 0 Å². The highest BCUT2D eigenvalue weighted by atomic mass is 16.3. The summed E-state index contributed by atoms with van der Waals surface area (Å²) in [7, 11) is 0. The van der Waals surface area contributed by atoms with E-state index in [0.717, 1.165) is 44.2 Å². The Morgan fingerprint density at radius 2 is 1.87 bits per heavy atom. The van der Waals surface area contributed by atoms with Crippen LogP contribution < -0.4 is 5.32 Å². The Hall–Kier alpha value is -2.11. The van der Waals surface area contributed by atoms with Crippen LogP contribution >= 0.6 is 0 Å². The molecular formula is C18H23N3O2. The number of rotatable bonds is 5. The van der Waals surface area contributed by atoms with Gasteiger partial charge in [-0.1, -0.05) is 18.2 Å². The second kappa shape index (κ2) is 7.44. The van der Waals surface area contributed by atoms with Crippen molar-refractivity contribution < 1.29 is 9.21 Å². The number of furan rings is 1. The quantitative estimate of drug-likeness (QED) is 0.921. The molecule has 1 N–H and O–H groups in total. The van der Waals surface area contributed by atoms with Crippen molar-refractivity contribution in [3.63, 3.8) is 0 Å². The SMILES string of the molecule is C[C@H](C(=O)Nc1ccccc1)N1CCN(Cc2ccco2)CC1. The van der Waals surface area contributed by atoms with Crippen molar-refractivity contribution in [3.8, 4) is 0 Å². The Morgan fingerprint density at radius 3 is 2.52 bits per heavy atom. The molecule has 0 unspecified atom stereocenters. The lowest BCUT2D eigenvalue weighted by Crippen LogP contribution is -2.52. The number of benzene rings is 1. The van der Waals surface area contributed by atoms with Crippen molar-refractivity contribution in [3.05, 3.63) is 54.5 Å². The molecule has 122 valence electrons. The summed E-state index contributed by atoms with van der Waals surface area (Å²) in [5.41, 5.74) is 0.848. The first-order valence-corrected chi connectivity index (χ1v) is 8.07. The molecule has 0 saturated carbocycles. The fraction of sp³-hybridized carbons (Fsp3) is 0.389. The van der Waals surface area contributed by atoms with E-state index in [1.54, 1.807) is 6.26 Å². The summed E-state index contributed by atoms with van der Waals surface area (Å²) in [5, 5.41) is 2.98. The molecule has 0 aliphatic carbocycles. The van der Waals surface area contributed by atoms with E-state index in [4.69, 9.17) is 4.42 Å². The minimum Gasteiger partial charge on any atom is -0.468 e. The number of amides is 1. The third-order valence-electron chi connectivity index (χ3n) is 4.33. The molecule has 2 heterocycles. The molecule has 1 aromatic carbocycles. The molecule has 0 spiro atoms. The topological polar surface area (TPSA) is 48.7 Å². The Bertz CT molecular complexity index is 604. The summed E-state index contributed by atoms with van der Waals surface area (Å²) in [6, 6.07) is 13.4. The summed E-state index contributed by atoms with van der Waals surface area (Å²) in [5.74, 6) is 1.05. The van der Waals surface area contributed by atoms with Crippen LogP contribution in [0.3, 0.4) is 0 Å². The minimum atomic E-state index is -0.124.